The molecule has 74 valence electrons. The van der Waals surface area contributed by atoms with Crippen LogP contribution in [0.25, 0.3) is 0 Å². The number of hydrogen-bond acceptors (Lipinski definition) is 2. The molecule has 1 rings (SSSR count). The van der Waals surface area contributed by atoms with Crippen LogP contribution in [0.1, 0.15) is 33.6 Å². The van der Waals surface area contributed by atoms with Gasteiger partial charge in [0.25, 0.3) is 0 Å². The lowest BCUT2D eigenvalue weighted by molar-refractivity contribution is 0.508. The minimum atomic E-state index is -0.000809. The topological polar surface area (TPSA) is 36.4 Å². The van der Waals surface area contributed by atoms with E-state index in [1.165, 1.54) is 12.8 Å². The van der Waals surface area contributed by atoms with Gasteiger partial charge in [0.15, 0.2) is 5.11 Å². The Morgan fingerprint density at radius 1 is 1.46 bits per heavy atom. The molecule has 13 heavy (non-hydrogen) atoms. The van der Waals surface area contributed by atoms with Crippen molar-refractivity contribution in [3.63, 3.8) is 0 Å². The normalized spacial score (nSPS) is 17.5. The van der Waals surface area contributed by atoms with Gasteiger partial charge in [0.05, 0.1) is 0 Å². The average molecular weight is 199 g/mol. The Kier molecular flexibility index (Phi) is 3.25. The number of nitrogens with zero attached hydrogens (tertiary/aromatic N) is 1. The highest BCUT2D eigenvalue weighted by Crippen LogP contribution is 2.25. The Bertz CT molecular complexity index is 213. The van der Waals surface area contributed by atoms with E-state index in [0.29, 0.717) is 11.0 Å². The van der Waals surface area contributed by atoms with Gasteiger partial charge in [-0.15, -0.1) is 0 Å². The highest BCUT2D eigenvalue weighted by molar-refractivity contribution is 7.80. The van der Waals surface area contributed by atoms with Crippen molar-refractivity contribution in [2.24, 2.45) is 11.0 Å². The third-order valence-corrected chi connectivity index (χ3v) is 1.76. The molecule has 1 saturated carbocycles. The second kappa shape index (κ2) is 4.05. The summed E-state index contributed by atoms with van der Waals surface area (Å²) in [6.07, 6.45) is 4.46. The second-order valence-electron chi connectivity index (χ2n) is 4.43. The van der Waals surface area contributed by atoms with Crippen molar-refractivity contribution in [1.29, 1.82) is 0 Å². The summed E-state index contributed by atoms with van der Waals surface area (Å²) >= 11 is 5.04. The highest BCUT2D eigenvalue weighted by Gasteiger charge is 2.18. The quantitative estimate of drug-likeness (QED) is 0.403. The lowest BCUT2D eigenvalue weighted by Gasteiger charge is -2.21. The van der Waals surface area contributed by atoms with Crippen LogP contribution in [-0.4, -0.2) is 16.9 Å². The SMILES string of the molecule is CC(C)(C)NC(=S)N/N=C/C1CC1. The Morgan fingerprint density at radius 2 is 2.08 bits per heavy atom. The van der Waals surface area contributed by atoms with Crippen LogP contribution < -0.4 is 10.7 Å². The zero-order valence-electron chi connectivity index (χ0n) is 8.42. The van der Waals surface area contributed by atoms with E-state index in [1.54, 1.807) is 0 Å². The molecule has 0 spiro atoms. The van der Waals surface area contributed by atoms with E-state index < -0.39 is 0 Å². The molecule has 0 aliphatic heterocycles. The fraction of sp³-hybridized carbons (Fsp3) is 0.778. The predicted octanol–water partition coefficient (Wildman–Crippen LogP) is 1.64. The van der Waals surface area contributed by atoms with Gasteiger partial charge in [0.2, 0.25) is 0 Å². The van der Waals surface area contributed by atoms with Gasteiger partial charge in [0, 0.05) is 11.8 Å². The summed E-state index contributed by atoms with van der Waals surface area (Å²) in [6, 6.07) is 0. The molecule has 0 unspecified atom stereocenters. The first-order chi connectivity index (χ1) is 5.97. The summed E-state index contributed by atoms with van der Waals surface area (Å²) in [5.41, 5.74) is 2.80. The van der Waals surface area contributed by atoms with E-state index in [4.69, 9.17) is 12.2 Å². The molecular weight excluding hydrogens is 182 g/mol. The third-order valence-electron chi connectivity index (χ3n) is 1.56. The minimum Gasteiger partial charge on any atom is -0.357 e. The van der Waals surface area contributed by atoms with Crippen molar-refractivity contribution in [2.45, 2.75) is 39.2 Å². The zero-order valence-corrected chi connectivity index (χ0v) is 9.24. The molecule has 4 heteroatoms. The Balaban J connectivity index is 2.16. The Labute approximate surface area is 85.0 Å². The fourth-order valence-corrected chi connectivity index (χ4v) is 1.17. The first-order valence-electron chi connectivity index (χ1n) is 4.59. The van der Waals surface area contributed by atoms with Crippen LogP contribution in [0.4, 0.5) is 0 Å². The maximum atomic E-state index is 5.04. The van der Waals surface area contributed by atoms with Gasteiger partial charge >= 0.3 is 0 Å². The Morgan fingerprint density at radius 3 is 2.54 bits per heavy atom. The largest absolute Gasteiger partial charge is 0.357 e. The van der Waals surface area contributed by atoms with Crippen molar-refractivity contribution in [2.75, 3.05) is 0 Å². The average Bonchev–Trinajstić information content (AvgIpc) is 2.66. The molecule has 0 atom stereocenters. The fourth-order valence-electron chi connectivity index (χ4n) is 0.815. The van der Waals surface area contributed by atoms with Crippen LogP contribution >= 0.6 is 12.2 Å². The first kappa shape index (κ1) is 10.4. The smallest absolute Gasteiger partial charge is 0.187 e. The summed E-state index contributed by atoms with van der Waals surface area (Å²) in [5, 5.41) is 7.75. The summed E-state index contributed by atoms with van der Waals surface area (Å²) in [5.74, 6) is 0.685. The van der Waals surface area contributed by atoms with Crippen LogP contribution in [0.15, 0.2) is 5.10 Å². The monoisotopic (exact) mass is 199 g/mol. The van der Waals surface area contributed by atoms with Crippen molar-refractivity contribution in [3.8, 4) is 0 Å². The molecule has 1 fully saturated rings. The maximum Gasteiger partial charge on any atom is 0.187 e. The third kappa shape index (κ3) is 5.58. The molecule has 0 aromatic rings. The van der Waals surface area contributed by atoms with Crippen LogP contribution in [0, 0.1) is 5.92 Å². The van der Waals surface area contributed by atoms with E-state index in [2.05, 4.69) is 36.6 Å². The summed E-state index contributed by atoms with van der Waals surface area (Å²) in [6.45, 7) is 6.18. The highest BCUT2D eigenvalue weighted by atomic mass is 32.1. The van der Waals surface area contributed by atoms with E-state index >= 15 is 0 Å². The summed E-state index contributed by atoms with van der Waals surface area (Å²) in [7, 11) is 0. The molecule has 0 bridgehead atoms. The van der Waals surface area contributed by atoms with Crippen molar-refractivity contribution >= 4 is 23.5 Å². The number of nitrogens with one attached hydrogen (secondary N) is 2. The number of thiocarbonyl (C=S) groups is 1. The van der Waals surface area contributed by atoms with Crippen molar-refractivity contribution in [1.82, 2.24) is 10.7 Å². The van der Waals surface area contributed by atoms with Crippen molar-refractivity contribution < 1.29 is 0 Å². The van der Waals surface area contributed by atoms with Gasteiger partial charge in [0.1, 0.15) is 0 Å². The first-order valence-corrected chi connectivity index (χ1v) is 4.99. The van der Waals surface area contributed by atoms with Gasteiger partial charge in [-0.1, -0.05) is 0 Å². The lowest BCUT2D eigenvalue weighted by Crippen LogP contribution is -2.44. The van der Waals surface area contributed by atoms with Gasteiger partial charge in [-0.05, 0) is 51.7 Å². The van der Waals surface area contributed by atoms with Gasteiger partial charge in [-0.3, -0.25) is 5.43 Å². The zero-order chi connectivity index (χ0) is 9.90. The van der Waals surface area contributed by atoms with Crippen LogP contribution in [0.5, 0.6) is 0 Å². The molecule has 0 aromatic heterocycles. The molecule has 2 N–H and O–H groups in total. The van der Waals surface area contributed by atoms with Gasteiger partial charge in [-0.2, -0.15) is 5.10 Å². The standard InChI is InChI=1S/C9H17N3S/c1-9(2,3)11-8(13)12-10-6-7-4-5-7/h6-7H,4-5H2,1-3H3,(H2,11,12,13)/b10-6+. The molecule has 3 nitrogen and oxygen atoms in total. The molecule has 0 radical (unpaired) electrons. The summed E-state index contributed by atoms with van der Waals surface area (Å²) < 4.78 is 0. The van der Waals surface area contributed by atoms with Crippen LogP contribution in [-0.2, 0) is 0 Å². The molecule has 1 aliphatic carbocycles. The van der Waals surface area contributed by atoms with Gasteiger partial charge < -0.3 is 5.32 Å². The number of hydrogen-bond donors (Lipinski definition) is 2. The van der Waals surface area contributed by atoms with E-state index in [9.17, 15) is 0 Å². The molecule has 0 heterocycles. The maximum absolute atomic E-state index is 5.04. The minimum absolute atomic E-state index is 0.000809. The molecule has 0 saturated heterocycles. The van der Waals surface area contributed by atoms with Crippen LogP contribution in [0.2, 0.25) is 0 Å². The van der Waals surface area contributed by atoms with Gasteiger partial charge in [-0.25, -0.2) is 0 Å². The van der Waals surface area contributed by atoms with E-state index in [-0.39, 0.29) is 5.54 Å². The number of rotatable bonds is 2. The molecule has 0 amide bonds. The van der Waals surface area contributed by atoms with E-state index in [1.807, 2.05) is 6.21 Å². The summed E-state index contributed by atoms with van der Waals surface area (Å²) in [4.78, 5) is 0. The second-order valence-corrected chi connectivity index (χ2v) is 4.84. The molecular formula is C9H17N3S. The van der Waals surface area contributed by atoms with Crippen LogP contribution in [0.3, 0.4) is 0 Å². The lowest BCUT2D eigenvalue weighted by atomic mass is 10.1. The number of hydrazone groups is 1. The van der Waals surface area contributed by atoms with Crippen molar-refractivity contribution in [3.05, 3.63) is 0 Å². The predicted molar refractivity (Wildman–Crippen MR) is 59.8 cm³/mol. The molecule has 0 aromatic carbocycles. The molecule has 1 aliphatic rings. The Hall–Kier alpha value is -0.640. The van der Waals surface area contributed by atoms with E-state index in [0.717, 1.165) is 0 Å².